The number of rotatable bonds is 5. The van der Waals surface area contributed by atoms with Crippen LogP contribution >= 0.6 is 0 Å². The normalized spacial score (nSPS) is 47.6. The third-order valence-electron chi connectivity index (χ3n) is 10.6. The van der Waals surface area contributed by atoms with Gasteiger partial charge in [-0.1, -0.05) is 20.8 Å². The number of carboxylic acid groups (broad SMARTS) is 1. The first kappa shape index (κ1) is 23.1. The molecule has 4 fully saturated rings. The molecule has 0 radical (unpaired) electrons. The number of hydrogen-bond acceptors (Lipinski definition) is 4. The molecule has 4 aliphatic carbocycles. The van der Waals surface area contributed by atoms with E-state index < -0.39 is 5.97 Å². The van der Waals surface area contributed by atoms with Crippen LogP contribution in [0.1, 0.15) is 91.9 Å². The van der Waals surface area contributed by atoms with E-state index in [1.54, 1.807) is 0 Å². The number of hydrogen-bond donors (Lipinski definition) is 2. The molecule has 0 aliphatic heterocycles. The van der Waals surface area contributed by atoms with Crippen molar-refractivity contribution in [2.75, 3.05) is 0 Å². The van der Waals surface area contributed by atoms with E-state index in [-0.39, 0.29) is 35.4 Å². The number of carboxylic acids is 1. The molecule has 10 atom stereocenters. The van der Waals surface area contributed by atoms with E-state index in [0.29, 0.717) is 41.9 Å². The summed E-state index contributed by atoms with van der Waals surface area (Å²) >= 11 is 0. The Balaban J connectivity index is 1.52. The number of fused-ring (bicyclic) bond motifs is 5. The van der Waals surface area contributed by atoms with Crippen molar-refractivity contribution in [3.8, 4) is 0 Å². The Hall–Kier alpha value is -1.10. The van der Waals surface area contributed by atoms with Crippen LogP contribution in [0.4, 0.5) is 0 Å². The molecule has 0 spiro atoms. The molecular formula is C26H42O5. The molecule has 2 N–H and O–H groups in total. The Kier molecular flexibility index (Phi) is 6.22. The van der Waals surface area contributed by atoms with Crippen molar-refractivity contribution in [1.82, 2.24) is 0 Å². The zero-order valence-electron chi connectivity index (χ0n) is 19.8. The Morgan fingerprint density at radius 2 is 1.81 bits per heavy atom. The second kappa shape index (κ2) is 8.35. The zero-order chi connectivity index (χ0) is 22.6. The number of carbonyl (C=O) groups excluding carboxylic acids is 1. The SMILES string of the molecule is CC(=O)O[C@@H]1CC[C@]2(C)C3C[C@H](O)[C@@]4(C)C(CCC4[C@H](C)CCC(=O)O)C3CC[C@@H]2C1. The summed E-state index contributed by atoms with van der Waals surface area (Å²) in [6.45, 7) is 8.49. The van der Waals surface area contributed by atoms with Gasteiger partial charge in [-0.05, 0) is 104 Å². The van der Waals surface area contributed by atoms with Gasteiger partial charge in [-0.2, -0.15) is 0 Å². The van der Waals surface area contributed by atoms with Gasteiger partial charge < -0.3 is 14.9 Å². The summed E-state index contributed by atoms with van der Waals surface area (Å²) in [7, 11) is 0. The summed E-state index contributed by atoms with van der Waals surface area (Å²) in [5.41, 5.74) is 0.145. The summed E-state index contributed by atoms with van der Waals surface area (Å²) in [6, 6.07) is 0. The fourth-order valence-electron chi connectivity index (χ4n) is 9.04. The largest absolute Gasteiger partial charge is 0.481 e. The van der Waals surface area contributed by atoms with Crippen molar-refractivity contribution >= 4 is 11.9 Å². The predicted molar refractivity (Wildman–Crippen MR) is 118 cm³/mol. The van der Waals surface area contributed by atoms with Crippen molar-refractivity contribution in [3.05, 3.63) is 0 Å². The second-order valence-electron chi connectivity index (χ2n) is 11.9. The smallest absolute Gasteiger partial charge is 0.303 e. The molecule has 0 bridgehead atoms. The molecule has 31 heavy (non-hydrogen) atoms. The lowest BCUT2D eigenvalue weighted by Gasteiger charge is -2.62. The van der Waals surface area contributed by atoms with Crippen molar-refractivity contribution in [2.24, 2.45) is 46.3 Å². The molecule has 4 aliphatic rings. The second-order valence-corrected chi connectivity index (χ2v) is 11.9. The molecule has 176 valence electrons. The first-order valence-electron chi connectivity index (χ1n) is 12.6. The summed E-state index contributed by atoms with van der Waals surface area (Å²) in [5, 5.41) is 20.7. The minimum atomic E-state index is -0.716. The average molecular weight is 435 g/mol. The molecule has 0 aromatic carbocycles. The first-order valence-corrected chi connectivity index (χ1v) is 12.6. The molecule has 0 heterocycles. The summed E-state index contributed by atoms with van der Waals surface area (Å²) in [5.74, 6) is 2.20. The fourth-order valence-corrected chi connectivity index (χ4v) is 9.04. The highest BCUT2D eigenvalue weighted by Gasteiger charge is 2.63. The van der Waals surface area contributed by atoms with Gasteiger partial charge in [0.1, 0.15) is 6.10 Å². The van der Waals surface area contributed by atoms with Gasteiger partial charge in [0, 0.05) is 13.3 Å². The number of carbonyl (C=O) groups is 2. The van der Waals surface area contributed by atoms with Crippen molar-refractivity contribution in [2.45, 2.75) is 104 Å². The minimum absolute atomic E-state index is 0.0665. The van der Waals surface area contributed by atoms with Crippen LogP contribution in [0.5, 0.6) is 0 Å². The van der Waals surface area contributed by atoms with Crippen molar-refractivity contribution in [1.29, 1.82) is 0 Å². The van der Waals surface area contributed by atoms with Crippen molar-refractivity contribution < 1.29 is 24.5 Å². The maximum Gasteiger partial charge on any atom is 0.303 e. The highest BCUT2D eigenvalue weighted by molar-refractivity contribution is 5.66. The molecule has 0 aromatic rings. The Labute approximate surface area is 187 Å². The molecule has 0 aromatic heterocycles. The molecular weight excluding hydrogens is 392 g/mol. The monoisotopic (exact) mass is 434 g/mol. The van der Waals surface area contributed by atoms with E-state index in [0.717, 1.165) is 32.1 Å². The van der Waals surface area contributed by atoms with Gasteiger partial charge in [-0.25, -0.2) is 0 Å². The van der Waals surface area contributed by atoms with E-state index in [9.17, 15) is 14.7 Å². The van der Waals surface area contributed by atoms with Gasteiger partial charge in [-0.15, -0.1) is 0 Å². The summed E-state index contributed by atoms with van der Waals surface area (Å²) < 4.78 is 5.58. The number of aliphatic hydroxyl groups is 1. The number of aliphatic carboxylic acids is 1. The number of aliphatic hydroxyl groups excluding tert-OH is 1. The van der Waals surface area contributed by atoms with E-state index in [1.165, 1.54) is 26.2 Å². The van der Waals surface area contributed by atoms with Crippen LogP contribution in [0.25, 0.3) is 0 Å². The zero-order valence-corrected chi connectivity index (χ0v) is 19.8. The molecule has 4 saturated carbocycles. The van der Waals surface area contributed by atoms with Gasteiger partial charge in [0.15, 0.2) is 0 Å². The first-order chi connectivity index (χ1) is 14.6. The van der Waals surface area contributed by atoms with Crippen LogP contribution in [0.2, 0.25) is 0 Å². The van der Waals surface area contributed by atoms with Crippen molar-refractivity contribution in [3.63, 3.8) is 0 Å². The van der Waals surface area contributed by atoms with Gasteiger partial charge in [0.05, 0.1) is 6.10 Å². The third-order valence-corrected chi connectivity index (χ3v) is 10.6. The van der Waals surface area contributed by atoms with Crippen LogP contribution in [0, 0.1) is 46.3 Å². The fraction of sp³-hybridized carbons (Fsp3) is 0.923. The lowest BCUT2D eigenvalue weighted by atomic mass is 9.43. The Morgan fingerprint density at radius 1 is 1.06 bits per heavy atom. The van der Waals surface area contributed by atoms with Gasteiger partial charge >= 0.3 is 11.9 Å². The van der Waals surface area contributed by atoms with Crippen LogP contribution in [0.15, 0.2) is 0 Å². The third kappa shape index (κ3) is 3.83. The lowest BCUT2D eigenvalue weighted by Crippen LogP contribution is -2.59. The standard InChI is InChI=1S/C26H42O5/c1-15(5-10-24(29)30)20-8-9-21-19-7-6-17-13-18(31-16(2)27)11-12-25(17,3)22(19)14-23(28)26(20,21)4/h15,17-23,28H,5-14H2,1-4H3,(H,29,30)/t15-,17-,18-,19?,20?,21?,22?,23+,25+,26-/m1/s1. The van der Waals surface area contributed by atoms with Gasteiger partial charge in [0.2, 0.25) is 0 Å². The molecule has 4 unspecified atom stereocenters. The highest BCUT2D eigenvalue weighted by Crippen LogP contribution is 2.68. The number of ether oxygens (including phenoxy) is 1. The summed E-state index contributed by atoms with van der Waals surface area (Å²) in [6.07, 6.45) is 9.32. The Bertz CT molecular complexity index is 706. The van der Waals surface area contributed by atoms with Crippen LogP contribution in [0.3, 0.4) is 0 Å². The van der Waals surface area contributed by atoms with Crippen LogP contribution in [-0.4, -0.2) is 34.4 Å². The Morgan fingerprint density at radius 3 is 2.48 bits per heavy atom. The van der Waals surface area contributed by atoms with Crippen LogP contribution < -0.4 is 0 Å². The molecule has 4 rings (SSSR count). The maximum atomic E-state index is 11.6. The predicted octanol–water partition coefficient (Wildman–Crippen LogP) is 5.05. The van der Waals surface area contributed by atoms with Crippen LogP contribution in [-0.2, 0) is 14.3 Å². The van der Waals surface area contributed by atoms with E-state index >= 15 is 0 Å². The van der Waals surface area contributed by atoms with Gasteiger partial charge in [-0.3, -0.25) is 9.59 Å². The van der Waals surface area contributed by atoms with E-state index in [2.05, 4.69) is 20.8 Å². The molecule has 0 amide bonds. The summed E-state index contributed by atoms with van der Waals surface area (Å²) in [4.78, 5) is 22.6. The van der Waals surface area contributed by atoms with E-state index in [4.69, 9.17) is 9.84 Å². The highest BCUT2D eigenvalue weighted by atomic mass is 16.5. The molecule has 0 saturated heterocycles. The number of esters is 1. The maximum absolute atomic E-state index is 11.6. The quantitative estimate of drug-likeness (QED) is 0.592. The lowest BCUT2D eigenvalue weighted by molar-refractivity contribution is -0.181. The topological polar surface area (TPSA) is 83.8 Å². The van der Waals surface area contributed by atoms with E-state index in [1.807, 2.05) is 0 Å². The molecule has 5 nitrogen and oxygen atoms in total. The average Bonchev–Trinajstić information content (AvgIpc) is 3.06. The minimum Gasteiger partial charge on any atom is -0.481 e. The van der Waals surface area contributed by atoms with Gasteiger partial charge in [0.25, 0.3) is 0 Å². The molecule has 5 heteroatoms.